The molecule has 0 radical (unpaired) electrons. The third-order valence-corrected chi connectivity index (χ3v) is 5.31. The number of nitriles is 1. The largest absolute Gasteiger partial charge is 0.865 e. The third-order valence-electron chi connectivity index (χ3n) is 3.38. The quantitative estimate of drug-likeness (QED) is 0.408. The van der Waals surface area contributed by atoms with Gasteiger partial charge in [-0.2, -0.15) is 5.26 Å². The van der Waals surface area contributed by atoms with Gasteiger partial charge in [0.1, 0.15) is 16.7 Å². The molecule has 0 saturated carbocycles. The van der Waals surface area contributed by atoms with E-state index in [1.165, 1.54) is 24.3 Å². The monoisotopic (exact) mass is 407 g/mol. The summed E-state index contributed by atoms with van der Waals surface area (Å²) in [5.74, 6) is -1.24. The number of rotatable bonds is 6. The molecule has 0 amide bonds. The molecule has 27 heavy (non-hydrogen) atoms. The Morgan fingerprint density at radius 2 is 1.96 bits per heavy atom. The van der Waals surface area contributed by atoms with E-state index in [0.717, 1.165) is 18.2 Å². The first-order valence-electron chi connectivity index (χ1n) is 7.45. The molecule has 8 nitrogen and oxygen atoms in total. The Bertz CT molecular complexity index is 1060. The van der Waals surface area contributed by atoms with E-state index >= 15 is 0 Å². The van der Waals surface area contributed by atoms with Crippen LogP contribution in [0.2, 0.25) is 5.02 Å². The Kier molecular flexibility index (Phi) is 6.05. The molecule has 0 aliphatic carbocycles. The normalized spacial score (nSPS) is 11.7. The Morgan fingerprint density at radius 1 is 1.33 bits per heavy atom. The van der Waals surface area contributed by atoms with E-state index < -0.39 is 31.1 Å². The van der Waals surface area contributed by atoms with Gasteiger partial charge in [0.05, 0.1) is 16.4 Å². The summed E-state index contributed by atoms with van der Waals surface area (Å²) in [5.41, 5.74) is -0.813. The van der Waals surface area contributed by atoms with Crippen molar-refractivity contribution in [2.24, 2.45) is 0 Å². The summed E-state index contributed by atoms with van der Waals surface area (Å²) < 4.78 is 30.3. The molecule has 0 saturated heterocycles. The number of hydrogen-bond acceptors (Lipinski definition) is 7. The highest BCUT2D eigenvalue weighted by Crippen LogP contribution is 2.36. The van der Waals surface area contributed by atoms with Crippen molar-refractivity contribution >= 4 is 33.2 Å². The molecule has 0 heterocycles. The fourth-order valence-electron chi connectivity index (χ4n) is 2.15. The molecular formula is C17H12ClN2O6S-. The molecule has 0 N–H and O–H groups in total. The summed E-state index contributed by atoms with van der Waals surface area (Å²) in [7, 11) is -4.18. The molecular weight excluding hydrogens is 396 g/mol. The number of halogens is 1. The predicted molar refractivity (Wildman–Crippen MR) is 95.9 cm³/mol. The van der Waals surface area contributed by atoms with Crippen molar-refractivity contribution in [3.63, 3.8) is 0 Å². The van der Waals surface area contributed by atoms with E-state index in [1.54, 1.807) is 13.0 Å². The lowest BCUT2D eigenvalue weighted by Crippen LogP contribution is -2.05. The Labute approximate surface area is 160 Å². The van der Waals surface area contributed by atoms with Crippen LogP contribution in [0, 0.1) is 21.4 Å². The maximum atomic E-state index is 12.6. The van der Waals surface area contributed by atoms with Crippen molar-refractivity contribution in [2.45, 2.75) is 11.8 Å². The highest BCUT2D eigenvalue weighted by atomic mass is 35.5. The van der Waals surface area contributed by atoms with Crippen LogP contribution in [0.3, 0.4) is 0 Å². The van der Waals surface area contributed by atoms with Crippen molar-refractivity contribution in [3.05, 3.63) is 62.0 Å². The van der Waals surface area contributed by atoms with Gasteiger partial charge in [-0.1, -0.05) is 11.6 Å². The molecule has 0 aliphatic rings. The summed E-state index contributed by atoms with van der Waals surface area (Å²) in [5, 5.41) is 32.7. The van der Waals surface area contributed by atoms with Gasteiger partial charge in [-0.3, -0.25) is 10.1 Å². The molecule has 0 fully saturated rings. The Morgan fingerprint density at radius 3 is 2.48 bits per heavy atom. The van der Waals surface area contributed by atoms with E-state index in [0.29, 0.717) is 5.02 Å². The second-order valence-electron chi connectivity index (χ2n) is 5.14. The molecule has 10 heteroatoms. The van der Waals surface area contributed by atoms with Crippen LogP contribution < -0.4 is 9.84 Å². The average molecular weight is 408 g/mol. The lowest BCUT2D eigenvalue weighted by Gasteiger charge is -2.14. The first-order chi connectivity index (χ1) is 12.7. The van der Waals surface area contributed by atoms with Crippen molar-refractivity contribution in [3.8, 4) is 17.6 Å². The first-order valence-corrected chi connectivity index (χ1v) is 9.31. The lowest BCUT2D eigenvalue weighted by molar-refractivity contribution is -0.398. The molecule has 2 rings (SSSR count). The van der Waals surface area contributed by atoms with E-state index in [1.807, 2.05) is 0 Å². The molecule has 0 spiro atoms. The summed E-state index contributed by atoms with van der Waals surface area (Å²) in [6.45, 7) is 1.66. The van der Waals surface area contributed by atoms with Crippen LogP contribution in [0.25, 0.3) is 6.08 Å². The smallest absolute Gasteiger partial charge is 0.266 e. The van der Waals surface area contributed by atoms with Crippen LogP contribution in [-0.4, -0.2) is 19.9 Å². The zero-order valence-electron chi connectivity index (χ0n) is 13.9. The summed E-state index contributed by atoms with van der Waals surface area (Å²) >= 11 is 5.73. The SMILES string of the molecule is CCOc1cc(C=C(C#N)S(=O)(=O)c2ccc(Cl)cc2)cc([N+](=O)[O-])c1[O-]. The van der Waals surface area contributed by atoms with Crippen molar-refractivity contribution < 1.29 is 23.2 Å². The summed E-state index contributed by atoms with van der Waals surface area (Å²) in [6, 6.07) is 8.78. The molecule has 2 aromatic carbocycles. The second kappa shape index (κ2) is 8.07. The van der Waals surface area contributed by atoms with Gasteiger partial charge in [-0.25, -0.2) is 8.42 Å². The minimum absolute atomic E-state index is 0.0289. The number of benzene rings is 2. The minimum Gasteiger partial charge on any atom is -0.865 e. The van der Waals surface area contributed by atoms with Crippen LogP contribution in [0.5, 0.6) is 11.5 Å². The van der Waals surface area contributed by atoms with E-state index in [9.17, 15) is 28.9 Å². The molecule has 2 aromatic rings. The van der Waals surface area contributed by atoms with Gasteiger partial charge in [0.15, 0.2) is 0 Å². The highest BCUT2D eigenvalue weighted by molar-refractivity contribution is 7.95. The molecule has 0 bridgehead atoms. The number of ether oxygens (including phenoxy) is 1. The van der Waals surface area contributed by atoms with E-state index in [4.69, 9.17) is 16.3 Å². The van der Waals surface area contributed by atoms with Crippen molar-refractivity contribution in [1.29, 1.82) is 5.26 Å². The van der Waals surface area contributed by atoms with E-state index in [-0.39, 0.29) is 22.8 Å². The fraction of sp³-hybridized carbons (Fsp3) is 0.118. The highest BCUT2D eigenvalue weighted by Gasteiger charge is 2.22. The predicted octanol–water partition coefficient (Wildman–Crippen LogP) is 3.06. The minimum atomic E-state index is -4.18. The number of nitrogens with zero attached hydrogens (tertiary/aromatic N) is 2. The van der Waals surface area contributed by atoms with Gasteiger partial charge >= 0.3 is 0 Å². The zero-order valence-corrected chi connectivity index (χ0v) is 15.5. The fourth-order valence-corrected chi connectivity index (χ4v) is 3.44. The maximum absolute atomic E-state index is 12.6. The summed E-state index contributed by atoms with van der Waals surface area (Å²) in [4.78, 5) is 9.35. The Hall–Kier alpha value is -3.09. The van der Waals surface area contributed by atoms with Gasteiger partial charge < -0.3 is 9.84 Å². The molecule has 0 atom stereocenters. The van der Waals surface area contributed by atoms with Gasteiger partial charge in [-0.15, -0.1) is 0 Å². The van der Waals surface area contributed by atoms with Crippen LogP contribution in [0.1, 0.15) is 12.5 Å². The van der Waals surface area contributed by atoms with Crippen LogP contribution in [0.4, 0.5) is 5.69 Å². The van der Waals surface area contributed by atoms with Gasteiger partial charge in [0.25, 0.3) is 5.69 Å². The third kappa shape index (κ3) is 4.36. The first kappa shape index (κ1) is 20.2. The molecule has 140 valence electrons. The number of sulfone groups is 1. The summed E-state index contributed by atoms with van der Waals surface area (Å²) in [6.07, 6.45) is 0.943. The van der Waals surface area contributed by atoms with Crippen molar-refractivity contribution in [2.75, 3.05) is 6.61 Å². The van der Waals surface area contributed by atoms with Crippen LogP contribution in [-0.2, 0) is 9.84 Å². The molecule has 0 unspecified atom stereocenters. The number of hydrogen-bond donors (Lipinski definition) is 0. The zero-order chi connectivity index (χ0) is 20.2. The number of allylic oxidation sites excluding steroid dienone is 1. The lowest BCUT2D eigenvalue weighted by atomic mass is 10.1. The average Bonchev–Trinajstić information content (AvgIpc) is 2.62. The molecule has 0 aromatic heterocycles. The van der Waals surface area contributed by atoms with Gasteiger partial charge in [0, 0.05) is 16.8 Å². The van der Waals surface area contributed by atoms with E-state index in [2.05, 4.69) is 0 Å². The maximum Gasteiger partial charge on any atom is 0.266 e. The van der Waals surface area contributed by atoms with Gasteiger partial charge in [-0.05, 0) is 48.9 Å². The second-order valence-corrected chi connectivity index (χ2v) is 7.49. The van der Waals surface area contributed by atoms with Crippen molar-refractivity contribution in [1.82, 2.24) is 0 Å². The van der Waals surface area contributed by atoms with Crippen LogP contribution in [0.15, 0.2) is 46.2 Å². The number of nitro benzene ring substituents is 1. The standard InChI is InChI=1S/C17H13ClN2O6S/c1-2-26-16-9-11(8-15(17(16)21)20(22)23)7-14(10-19)27(24,25)13-5-3-12(18)4-6-13/h3-9,21H,2H2,1H3/p-1. The van der Waals surface area contributed by atoms with Crippen LogP contribution >= 0.6 is 11.6 Å². The topological polar surface area (TPSA) is 133 Å². The number of nitro groups is 1. The van der Waals surface area contributed by atoms with Gasteiger partial charge in [0.2, 0.25) is 9.84 Å². The Balaban J connectivity index is 2.62. The molecule has 0 aliphatic heterocycles.